The van der Waals surface area contributed by atoms with Gasteiger partial charge in [0.2, 0.25) is 0 Å². The zero-order valence-corrected chi connectivity index (χ0v) is 13.2. The lowest BCUT2D eigenvalue weighted by molar-refractivity contribution is 0.565. The molecule has 0 fully saturated rings. The summed E-state index contributed by atoms with van der Waals surface area (Å²) in [5.74, 6) is -1.14. The van der Waals surface area contributed by atoms with Gasteiger partial charge in [0.1, 0.15) is 11.6 Å². The summed E-state index contributed by atoms with van der Waals surface area (Å²) in [6, 6.07) is 9.12. The number of rotatable bonds is 6. The molecule has 2 rings (SSSR count). The fraction of sp³-hybridized carbons (Fsp3) is 0.250. The molecule has 0 saturated carbocycles. The summed E-state index contributed by atoms with van der Waals surface area (Å²) in [4.78, 5) is 1.26. The molecule has 1 N–H and O–H groups in total. The first-order valence-electron chi connectivity index (χ1n) is 6.73. The molecule has 112 valence electrons. The highest BCUT2D eigenvalue weighted by molar-refractivity contribution is 7.99. The van der Waals surface area contributed by atoms with Crippen LogP contribution in [0.3, 0.4) is 0 Å². The van der Waals surface area contributed by atoms with E-state index in [1.807, 2.05) is 18.2 Å². The molecule has 0 radical (unpaired) electrons. The van der Waals surface area contributed by atoms with Crippen LogP contribution in [0, 0.1) is 11.6 Å². The van der Waals surface area contributed by atoms with Crippen molar-refractivity contribution < 1.29 is 8.78 Å². The Morgan fingerprint density at radius 2 is 1.95 bits per heavy atom. The second kappa shape index (κ2) is 7.78. The Bertz CT molecular complexity index is 619. The van der Waals surface area contributed by atoms with Gasteiger partial charge in [-0.25, -0.2) is 8.78 Å². The first-order chi connectivity index (χ1) is 10.1. The molecule has 0 aliphatic heterocycles. The maximum Gasteiger partial charge on any atom is 0.140 e. The van der Waals surface area contributed by atoms with Crippen LogP contribution in [0.5, 0.6) is 0 Å². The van der Waals surface area contributed by atoms with Crippen LogP contribution < -0.4 is 5.32 Å². The summed E-state index contributed by atoms with van der Waals surface area (Å²) < 4.78 is 26.7. The van der Waals surface area contributed by atoms with E-state index in [0.29, 0.717) is 16.5 Å². The Balaban J connectivity index is 2.24. The third-order valence-corrected chi connectivity index (χ3v) is 4.43. The van der Waals surface area contributed by atoms with Gasteiger partial charge in [0.25, 0.3) is 0 Å². The molecular formula is C16H16ClF2NS. The smallest absolute Gasteiger partial charge is 0.140 e. The predicted octanol–water partition coefficient (Wildman–Crippen LogP) is 5.27. The van der Waals surface area contributed by atoms with Crippen molar-refractivity contribution in [1.29, 1.82) is 0 Å². The molecule has 1 nitrogen and oxygen atoms in total. The lowest BCUT2D eigenvalue weighted by Crippen LogP contribution is -2.14. The molecule has 0 aromatic heterocycles. The Labute approximate surface area is 132 Å². The van der Waals surface area contributed by atoms with Crippen molar-refractivity contribution in [2.24, 2.45) is 0 Å². The molecule has 0 aliphatic rings. The second-order valence-corrected chi connectivity index (χ2v) is 6.06. The van der Waals surface area contributed by atoms with Gasteiger partial charge in [-0.15, -0.1) is 0 Å². The summed E-state index contributed by atoms with van der Waals surface area (Å²) in [6.45, 7) is 3.60. The first kappa shape index (κ1) is 16.3. The average Bonchev–Trinajstić information content (AvgIpc) is 2.45. The van der Waals surface area contributed by atoms with Gasteiger partial charge >= 0.3 is 0 Å². The number of benzene rings is 2. The van der Waals surface area contributed by atoms with E-state index in [1.54, 1.807) is 0 Å². The topological polar surface area (TPSA) is 12.0 Å². The van der Waals surface area contributed by atoms with Crippen LogP contribution in [-0.2, 0) is 6.54 Å². The molecule has 2 aromatic rings. The highest BCUT2D eigenvalue weighted by Crippen LogP contribution is 2.35. The van der Waals surface area contributed by atoms with Crippen LogP contribution in [-0.4, -0.2) is 6.54 Å². The van der Waals surface area contributed by atoms with Gasteiger partial charge < -0.3 is 5.32 Å². The predicted molar refractivity (Wildman–Crippen MR) is 83.9 cm³/mol. The molecule has 0 aliphatic carbocycles. The summed E-state index contributed by atoms with van der Waals surface area (Å²) in [7, 11) is 0. The van der Waals surface area contributed by atoms with E-state index in [1.165, 1.54) is 23.9 Å². The lowest BCUT2D eigenvalue weighted by Gasteiger charge is -2.12. The monoisotopic (exact) mass is 327 g/mol. The molecule has 5 heteroatoms. The van der Waals surface area contributed by atoms with Crippen molar-refractivity contribution in [1.82, 2.24) is 5.32 Å². The standard InChI is InChI=1S/C16H16ClF2NS/c1-2-8-20-10-12-13(17)4-3-5-15(12)21-16-7-6-11(18)9-14(16)19/h3-7,9,20H,2,8,10H2,1H3. The summed E-state index contributed by atoms with van der Waals surface area (Å²) in [5, 5.41) is 3.94. The van der Waals surface area contributed by atoms with Gasteiger partial charge in [0, 0.05) is 27.4 Å². The van der Waals surface area contributed by atoms with Gasteiger partial charge in [0.15, 0.2) is 0 Å². The van der Waals surface area contributed by atoms with Crippen molar-refractivity contribution in [3.8, 4) is 0 Å². The van der Waals surface area contributed by atoms with E-state index in [0.717, 1.165) is 29.5 Å². The minimum Gasteiger partial charge on any atom is -0.313 e. The van der Waals surface area contributed by atoms with Gasteiger partial charge in [-0.2, -0.15) is 0 Å². The number of hydrogen-bond donors (Lipinski definition) is 1. The Morgan fingerprint density at radius 3 is 2.67 bits per heavy atom. The number of halogens is 3. The molecule has 0 bridgehead atoms. The van der Waals surface area contributed by atoms with Crippen LogP contribution in [0.15, 0.2) is 46.2 Å². The number of hydrogen-bond acceptors (Lipinski definition) is 2. The molecule has 0 unspecified atom stereocenters. The third-order valence-electron chi connectivity index (χ3n) is 2.92. The molecule has 0 heterocycles. The van der Waals surface area contributed by atoms with Crippen LogP contribution in [0.2, 0.25) is 5.02 Å². The Hall–Kier alpha value is -1.10. The highest BCUT2D eigenvalue weighted by Gasteiger charge is 2.11. The van der Waals surface area contributed by atoms with Gasteiger partial charge in [-0.1, -0.05) is 36.4 Å². The van der Waals surface area contributed by atoms with Crippen molar-refractivity contribution in [3.05, 3.63) is 58.6 Å². The maximum absolute atomic E-state index is 13.8. The van der Waals surface area contributed by atoms with Crippen LogP contribution in [0.25, 0.3) is 0 Å². The molecule has 2 aromatic carbocycles. The zero-order valence-electron chi connectivity index (χ0n) is 11.6. The molecular weight excluding hydrogens is 312 g/mol. The van der Waals surface area contributed by atoms with Gasteiger partial charge in [-0.05, 0) is 42.8 Å². The van der Waals surface area contributed by atoms with Crippen molar-refractivity contribution in [2.75, 3.05) is 6.54 Å². The van der Waals surface area contributed by atoms with E-state index in [4.69, 9.17) is 11.6 Å². The quantitative estimate of drug-likeness (QED) is 0.725. The summed E-state index contributed by atoms with van der Waals surface area (Å²) >= 11 is 7.49. The molecule has 0 saturated heterocycles. The summed E-state index contributed by atoms with van der Waals surface area (Å²) in [6.07, 6.45) is 1.03. The Kier molecular flexibility index (Phi) is 6.03. The van der Waals surface area contributed by atoms with E-state index in [-0.39, 0.29) is 0 Å². The fourth-order valence-electron chi connectivity index (χ4n) is 1.87. The highest BCUT2D eigenvalue weighted by atomic mass is 35.5. The molecule has 21 heavy (non-hydrogen) atoms. The minimum absolute atomic E-state index is 0.385. The third kappa shape index (κ3) is 4.43. The zero-order chi connectivity index (χ0) is 15.2. The molecule has 0 amide bonds. The number of nitrogens with one attached hydrogen (secondary N) is 1. The average molecular weight is 328 g/mol. The van der Waals surface area contributed by atoms with E-state index in [2.05, 4.69) is 12.2 Å². The molecule has 0 spiro atoms. The molecule has 0 atom stereocenters. The van der Waals surface area contributed by atoms with Gasteiger partial charge in [-0.3, -0.25) is 0 Å². The van der Waals surface area contributed by atoms with E-state index in [9.17, 15) is 8.78 Å². The van der Waals surface area contributed by atoms with E-state index >= 15 is 0 Å². The summed E-state index contributed by atoms with van der Waals surface area (Å²) in [5.41, 5.74) is 0.932. The van der Waals surface area contributed by atoms with Crippen LogP contribution >= 0.6 is 23.4 Å². The normalized spacial score (nSPS) is 10.9. The van der Waals surface area contributed by atoms with Gasteiger partial charge in [0.05, 0.1) is 0 Å². The maximum atomic E-state index is 13.8. The van der Waals surface area contributed by atoms with Crippen molar-refractivity contribution in [3.63, 3.8) is 0 Å². The van der Waals surface area contributed by atoms with Crippen LogP contribution in [0.4, 0.5) is 8.78 Å². The van der Waals surface area contributed by atoms with Crippen molar-refractivity contribution >= 4 is 23.4 Å². The fourth-order valence-corrected chi connectivity index (χ4v) is 3.15. The lowest BCUT2D eigenvalue weighted by atomic mass is 10.2. The van der Waals surface area contributed by atoms with Crippen LogP contribution in [0.1, 0.15) is 18.9 Å². The first-order valence-corrected chi connectivity index (χ1v) is 7.92. The minimum atomic E-state index is -0.576. The SMILES string of the molecule is CCCNCc1c(Cl)cccc1Sc1ccc(F)cc1F. The largest absolute Gasteiger partial charge is 0.313 e. The van der Waals surface area contributed by atoms with Crippen molar-refractivity contribution in [2.45, 2.75) is 29.7 Å². The Morgan fingerprint density at radius 1 is 1.14 bits per heavy atom. The second-order valence-electron chi connectivity index (χ2n) is 4.57. The van der Waals surface area contributed by atoms with E-state index < -0.39 is 11.6 Å².